The summed E-state index contributed by atoms with van der Waals surface area (Å²) in [7, 11) is 0. The average molecular weight is 333 g/mol. The molecular formula is C12H10F3N3OS2. The highest BCUT2D eigenvalue weighted by Crippen LogP contribution is 2.40. The minimum absolute atomic E-state index is 0.0755. The highest BCUT2D eigenvalue weighted by Gasteiger charge is 2.30. The number of amides is 1. The van der Waals surface area contributed by atoms with E-state index >= 15 is 0 Å². The number of nitrogen functional groups attached to an aromatic ring is 1. The second kappa shape index (κ2) is 5.94. The number of benzene rings is 1. The van der Waals surface area contributed by atoms with Crippen molar-refractivity contribution in [2.45, 2.75) is 17.3 Å². The van der Waals surface area contributed by atoms with Crippen molar-refractivity contribution in [1.29, 1.82) is 0 Å². The van der Waals surface area contributed by atoms with Crippen LogP contribution in [0.5, 0.6) is 0 Å². The van der Waals surface area contributed by atoms with E-state index in [-0.39, 0.29) is 32.4 Å². The van der Waals surface area contributed by atoms with Crippen molar-refractivity contribution in [3.05, 3.63) is 34.8 Å². The number of rotatable bonds is 3. The number of aryl methyl sites for hydroxylation is 1. The van der Waals surface area contributed by atoms with Crippen LogP contribution in [0.4, 0.5) is 24.0 Å². The molecule has 4 nitrogen and oxygen atoms in total. The van der Waals surface area contributed by atoms with Crippen LogP contribution in [0.1, 0.15) is 15.4 Å². The van der Waals surface area contributed by atoms with Crippen LogP contribution in [0, 0.1) is 6.92 Å². The summed E-state index contributed by atoms with van der Waals surface area (Å²) in [4.78, 5) is 16.2. The Morgan fingerprint density at radius 2 is 2.05 bits per heavy atom. The van der Waals surface area contributed by atoms with Crippen molar-refractivity contribution in [3.8, 4) is 0 Å². The number of aromatic nitrogens is 1. The molecule has 9 heteroatoms. The summed E-state index contributed by atoms with van der Waals surface area (Å²) in [6, 6.07) is 5.72. The number of para-hydroxylation sites is 1. The highest BCUT2D eigenvalue weighted by atomic mass is 32.2. The van der Waals surface area contributed by atoms with Crippen LogP contribution in [-0.4, -0.2) is 16.4 Å². The van der Waals surface area contributed by atoms with E-state index in [1.54, 1.807) is 13.0 Å². The minimum Gasteiger partial charge on any atom is -0.375 e. The highest BCUT2D eigenvalue weighted by molar-refractivity contribution is 8.00. The standard InChI is InChI=1S/C12H10F3N3OS2/c1-6-9(20-11(16)17-6)10(19)18-7-4-2-3-5-8(7)21-12(13,14)15/h2-5H,1H3,(H2,16,17)(H,18,19). The molecule has 0 spiro atoms. The Labute approximate surface area is 126 Å². The summed E-state index contributed by atoms with van der Waals surface area (Å²) in [6.07, 6.45) is 0. The molecule has 0 atom stereocenters. The number of carbonyl (C=O) groups is 1. The number of hydrogen-bond acceptors (Lipinski definition) is 5. The van der Waals surface area contributed by atoms with Gasteiger partial charge in [0.15, 0.2) is 5.13 Å². The van der Waals surface area contributed by atoms with Crippen molar-refractivity contribution in [3.63, 3.8) is 0 Å². The summed E-state index contributed by atoms with van der Waals surface area (Å²) < 4.78 is 37.4. The number of thiazole rings is 1. The lowest BCUT2D eigenvalue weighted by Gasteiger charge is -2.11. The van der Waals surface area contributed by atoms with Gasteiger partial charge in [0.1, 0.15) is 4.88 Å². The number of hydrogen-bond donors (Lipinski definition) is 2. The van der Waals surface area contributed by atoms with Gasteiger partial charge in [0.05, 0.1) is 11.4 Å². The number of nitrogens with two attached hydrogens (primary N) is 1. The number of alkyl halides is 3. The first-order chi connectivity index (χ1) is 9.76. The van der Waals surface area contributed by atoms with Gasteiger partial charge in [-0.05, 0) is 30.8 Å². The molecule has 1 heterocycles. The molecule has 3 N–H and O–H groups in total. The third kappa shape index (κ3) is 4.11. The van der Waals surface area contributed by atoms with Crippen LogP contribution in [0.15, 0.2) is 29.2 Å². The first-order valence-corrected chi connectivity index (χ1v) is 7.28. The van der Waals surface area contributed by atoms with Crippen LogP contribution in [-0.2, 0) is 0 Å². The summed E-state index contributed by atoms with van der Waals surface area (Å²) in [5, 5.41) is 2.69. The maximum absolute atomic E-state index is 12.5. The van der Waals surface area contributed by atoms with Gasteiger partial charge in [-0.2, -0.15) is 13.2 Å². The second-order valence-electron chi connectivity index (χ2n) is 3.96. The Balaban J connectivity index is 2.24. The maximum atomic E-state index is 12.5. The zero-order valence-electron chi connectivity index (χ0n) is 10.7. The van der Waals surface area contributed by atoms with Gasteiger partial charge in [0.2, 0.25) is 0 Å². The molecule has 0 unspecified atom stereocenters. The van der Waals surface area contributed by atoms with Gasteiger partial charge in [0.25, 0.3) is 5.91 Å². The van der Waals surface area contributed by atoms with E-state index < -0.39 is 11.4 Å². The Morgan fingerprint density at radius 1 is 1.38 bits per heavy atom. The summed E-state index contributed by atoms with van der Waals surface area (Å²) in [5.41, 5.74) is 1.61. The molecule has 0 aliphatic rings. The molecule has 0 fully saturated rings. The van der Waals surface area contributed by atoms with Crippen molar-refractivity contribution >= 4 is 39.8 Å². The smallest absolute Gasteiger partial charge is 0.375 e. The van der Waals surface area contributed by atoms with Crippen LogP contribution in [0.3, 0.4) is 0 Å². The fourth-order valence-electron chi connectivity index (χ4n) is 1.59. The molecule has 0 radical (unpaired) electrons. The van der Waals surface area contributed by atoms with Gasteiger partial charge in [-0.3, -0.25) is 4.79 Å². The molecule has 112 valence electrons. The fourth-order valence-corrected chi connectivity index (χ4v) is 2.94. The number of nitrogens with one attached hydrogen (secondary N) is 1. The molecule has 0 aliphatic heterocycles. The van der Waals surface area contributed by atoms with Crippen molar-refractivity contribution in [2.75, 3.05) is 11.1 Å². The van der Waals surface area contributed by atoms with E-state index in [0.29, 0.717) is 5.69 Å². The molecule has 1 aromatic heterocycles. The normalized spacial score (nSPS) is 11.4. The zero-order chi connectivity index (χ0) is 15.6. The Bertz CT molecular complexity index is 670. The Morgan fingerprint density at radius 3 is 2.62 bits per heavy atom. The Hall–Kier alpha value is -1.74. The van der Waals surface area contributed by atoms with Gasteiger partial charge < -0.3 is 11.1 Å². The fraction of sp³-hybridized carbons (Fsp3) is 0.167. The summed E-state index contributed by atoms with van der Waals surface area (Å²) in [5.74, 6) is -0.531. The SMILES string of the molecule is Cc1nc(N)sc1C(=O)Nc1ccccc1SC(F)(F)F. The van der Waals surface area contributed by atoms with E-state index in [2.05, 4.69) is 10.3 Å². The van der Waals surface area contributed by atoms with E-state index in [1.807, 2.05) is 0 Å². The van der Waals surface area contributed by atoms with E-state index in [1.165, 1.54) is 18.2 Å². The third-order valence-electron chi connectivity index (χ3n) is 2.38. The predicted molar refractivity (Wildman–Crippen MR) is 77.6 cm³/mol. The monoisotopic (exact) mass is 333 g/mol. The lowest BCUT2D eigenvalue weighted by molar-refractivity contribution is -0.0328. The molecule has 21 heavy (non-hydrogen) atoms. The van der Waals surface area contributed by atoms with Gasteiger partial charge in [-0.25, -0.2) is 4.98 Å². The van der Waals surface area contributed by atoms with Crippen LogP contribution in [0.2, 0.25) is 0 Å². The summed E-state index contributed by atoms with van der Waals surface area (Å²) >= 11 is 0.709. The lowest BCUT2D eigenvalue weighted by Crippen LogP contribution is -2.13. The van der Waals surface area contributed by atoms with E-state index in [0.717, 1.165) is 11.3 Å². The topological polar surface area (TPSA) is 68.0 Å². The number of thioether (sulfide) groups is 1. The zero-order valence-corrected chi connectivity index (χ0v) is 12.3. The first-order valence-electron chi connectivity index (χ1n) is 5.65. The van der Waals surface area contributed by atoms with Crippen LogP contribution in [0.25, 0.3) is 0 Å². The molecule has 0 saturated heterocycles. The molecule has 1 amide bonds. The number of anilines is 2. The van der Waals surface area contributed by atoms with E-state index in [9.17, 15) is 18.0 Å². The van der Waals surface area contributed by atoms with Gasteiger partial charge in [0, 0.05) is 4.90 Å². The average Bonchev–Trinajstić information content (AvgIpc) is 2.69. The van der Waals surface area contributed by atoms with Crippen molar-refractivity contribution < 1.29 is 18.0 Å². The number of nitrogens with zero attached hydrogens (tertiary/aromatic N) is 1. The molecule has 0 bridgehead atoms. The molecular weight excluding hydrogens is 323 g/mol. The predicted octanol–water partition coefficient (Wildman–Crippen LogP) is 3.90. The molecule has 1 aromatic carbocycles. The number of carbonyl (C=O) groups excluding carboxylic acids is 1. The lowest BCUT2D eigenvalue weighted by atomic mass is 10.3. The van der Waals surface area contributed by atoms with Crippen LogP contribution >= 0.6 is 23.1 Å². The van der Waals surface area contributed by atoms with Gasteiger partial charge >= 0.3 is 5.51 Å². The Kier molecular flexibility index (Phi) is 4.43. The van der Waals surface area contributed by atoms with Crippen molar-refractivity contribution in [2.24, 2.45) is 0 Å². The van der Waals surface area contributed by atoms with E-state index in [4.69, 9.17) is 5.73 Å². The third-order valence-corrected chi connectivity index (χ3v) is 4.17. The second-order valence-corrected chi connectivity index (χ2v) is 6.10. The number of halogens is 3. The summed E-state index contributed by atoms with van der Waals surface area (Å²) in [6.45, 7) is 1.61. The first kappa shape index (κ1) is 15.6. The van der Waals surface area contributed by atoms with Crippen LogP contribution < -0.4 is 11.1 Å². The van der Waals surface area contributed by atoms with Gasteiger partial charge in [-0.15, -0.1) is 0 Å². The van der Waals surface area contributed by atoms with Gasteiger partial charge in [-0.1, -0.05) is 23.5 Å². The quantitative estimate of drug-likeness (QED) is 0.836. The molecule has 2 rings (SSSR count). The molecule has 2 aromatic rings. The largest absolute Gasteiger partial charge is 0.446 e. The minimum atomic E-state index is -4.42. The molecule has 0 saturated carbocycles. The maximum Gasteiger partial charge on any atom is 0.446 e. The van der Waals surface area contributed by atoms with Crippen molar-refractivity contribution in [1.82, 2.24) is 4.98 Å². The molecule has 0 aliphatic carbocycles.